The molecule has 0 aliphatic rings. The van der Waals surface area contributed by atoms with Gasteiger partial charge in [-0.2, -0.15) is 0 Å². The highest BCUT2D eigenvalue weighted by molar-refractivity contribution is 7.99. The van der Waals surface area contributed by atoms with E-state index in [0.29, 0.717) is 13.1 Å². The maximum atomic E-state index is 9.41. The maximum absolute atomic E-state index is 9.41. The zero-order chi connectivity index (χ0) is 11.4. The van der Waals surface area contributed by atoms with E-state index in [4.69, 9.17) is 5.73 Å². The normalized spacial score (nSPS) is 15.3. The minimum absolute atomic E-state index is 0.102. The summed E-state index contributed by atoms with van der Waals surface area (Å²) in [5.74, 6) is 0.862. The zero-order valence-corrected chi connectivity index (χ0v) is 10.2. The number of thioether (sulfide) groups is 1. The monoisotopic (exact) mass is 230 g/mol. The molecule has 0 bridgehead atoms. The molecule has 1 heterocycles. The van der Waals surface area contributed by atoms with Crippen molar-refractivity contribution in [3.05, 3.63) is 5.82 Å². The first kappa shape index (κ1) is 12.5. The van der Waals surface area contributed by atoms with E-state index in [2.05, 4.69) is 10.2 Å². The van der Waals surface area contributed by atoms with Crippen LogP contribution in [-0.4, -0.2) is 37.8 Å². The number of aromatic nitrogens is 3. The van der Waals surface area contributed by atoms with E-state index in [1.54, 1.807) is 6.92 Å². The molecule has 0 aromatic carbocycles. The van der Waals surface area contributed by atoms with E-state index in [9.17, 15) is 5.11 Å². The lowest BCUT2D eigenvalue weighted by atomic mass is 10.3. The van der Waals surface area contributed by atoms with E-state index >= 15 is 0 Å². The Morgan fingerprint density at radius 3 is 2.67 bits per heavy atom. The Labute approximate surface area is 94.1 Å². The maximum Gasteiger partial charge on any atom is 0.191 e. The van der Waals surface area contributed by atoms with Crippen LogP contribution in [0.4, 0.5) is 0 Å². The summed E-state index contributed by atoms with van der Waals surface area (Å²) in [6.07, 6.45) is -0.363. The van der Waals surface area contributed by atoms with Crippen LogP contribution in [-0.2, 0) is 6.54 Å². The fraction of sp³-hybridized carbons (Fsp3) is 0.778. The summed E-state index contributed by atoms with van der Waals surface area (Å²) in [6.45, 7) is 6.92. The Bertz CT molecular complexity index is 313. The van der Waals surface area contributed by atoms with Gasteiger partial charge in [-0.05, 0) is 13.8 Å². The van der Waals surface area contributed by atoms with Gasteiger partial charge in [0.15, 0.2) is 5.16 Å². The number of aryl methyl sites for hydroxylation is 1. The summed E-state index contributed by atoms with van der Waals surface area (Å²) in [5, 5.41) is 18.4. The van der Waals surface area contributed by atoms with Crippen molar-refractivity contribution in [2.24, 2.45) is 5.73 Å². The van der Waals surface area contributed by atoms with Crippen molar-refractivity contribution >= 4 is 11.8 Å². The second-order valence-electron chi connectivity index (χ2n) is 3.53. The molecule has 1 rings (SSSR count). The van der Waals surface area contributed by atoms with E-state index in [-0.39, 0.29) is 11.4 Å². The summed E-state index contributed by atoms with van der Waals surface area (Å²) in [5.41, 5.74) is 5.51. The minimum atomic E-state index is -0.363. The first-order valence-electron chi connectivity index (χ1n) is 5.00. The van der Waals surface area contributed by atoms with Crippen LogP contribution in [0.2, 0.25) is 0 Å². The van der Waals surface area contributed by atoms with E-state index in [1.807, 2.05) is 18.4 Å². The molecule has 3 N–H and O–H groups in total. The minimum Gasteiger partial charge on any atom is -0.392 e. The topological polar surface area (TPSA) is 77.0 Å². The van der Waals surface area contributed by atoms with Crippen molar-refractivity contribution in [1.29, 1.82) is 0 Å². The Kier molecular flexibility index (Phi) is 4.56. The molecule has 0 radical (unpaired) electrons. The third kappa shape index (κ3) is 3.19. The van der Waals surface area contributed by atoms with Crippen molar-refractivity contribution < 1.29 is 5.11 Å². The molecule has 0 spiro atoms. The lowest BCUT2D eigenvalue weighted by Gasteiger charge is -2.14. The van der Waals surface area contributed by atoms with Gasteiger partial charge in [-0.3, -0.25) is 0 Å². The fourth-order valence-corrected chi connectivity index (χ4v) is 2.07. The largest absolute Gasteiger partial charge is 0.392 e. The molecular formula is C9H18N4OS. The van der Waals surface area contributed by atoms with Gasteiger partial charge < -0.3 is 15.4 Å². The number of rotatable bonds is 5. The highest BCUT2D eigenvalue weighted by atomic mass is 32.2. The fourth-order valence-electron chi connectivity index (χ4n) is 1.10. The third-order valence-electron chi connectivity index (χ3n) is 2.23. The van der Waals surface area contributed by atoms with Gasteiger partial charge in [-0.1, -0.05) is 18.7 Å². The number of aliphatic hydroxyl groups excluding tert-OH is 1. The molecular weight excluding hydrogens is 212 g/mol. The van der Waals surface area contributed by atoms with Crippen LogP contribution in [0.5, 0.6) is 0 Å². The van der Waals surface area contributed by atoms with Crippen LogP contribution in [0.15, 0.2) is 5.16 Å². The van der Waals surface area contributed by atoms with Gasteiger partial charge >= 0.3 is 0 Å². The van der Waals surface area contributed by atoms with Gasteiger partial charge in [0.05, 0.1) is 6.10 Å². The first-order valence-corrected chi connectivity index (χ1v) is 5.88. The van der Waals surface area contributed by atoms with E-state index in [0.717, 1.165) is 11.0 Å². The van der Waals surface area contributed by atoms with Gasteiger partial charge in [0.25, 0.3) is 0 Å². The van der Waals surface area contributed by atoms with Crippen molar-refractivity contribution in [2.75, 3.05) is 6.54 Å². The SMILES string of the molecule is Cc1nnc(SC(C)C(C)O)n1CCN. The molecule has 0 amide bonds. The lowest BCUT2D eigenvalue weighted by Crippen LogP contribution is -2.17. The number of nitrogens with zero attached hydrogens (tertiary/aromatic N) is 3. The molecule has 2 unspecified atom stereocenters. The summed E-state index contributed by atoms with van der Waals surface area (Å²) in [6, 6.07) is 0. The Hall–Kier alpha value is -0.590. The second kappa shape index (κ2) is 5.48. The average molecular weight is 230 g/mol. The van der Waals surface area contributed by atoms with Crippen LogP contribution in [0.1, 0.15) is 19.7 Å². The van der Waals surface area contributed by atoms with Crippen LogP contribution in [0.3, 0.4) is 0 Å². The molecule has 1 aromatic rings. The van der Waals surface area contributed by atoms with Gasteiger partial charge in [0, 0.05) is 18.3 Å². The summed E-state index contributed by atoms with van der Waals surface area (Å²) < 4.78 is 1.98. The Balaban J connectivity index is 2.76. The molecule has 2 atom stereocenters. The molecule has 1 aromatic heterocycles. The van der Waals surface area contributed by atoms with Crippen molar-refractivity contribution in [3.63, 3.8) is 0 Å². The number of hydrogen-bond donors (Lipinski definition) is 2. The molecule has 6 heteroatoms. The second-order valence-corrected chi connectivity index (χ2v) is 4.88. The zero-order valence-electron chi connectivity index (χ0n) is 9.34. The lowest BCUT2D eigenvalue weighted by molar-refractivity contribution is 0.196. The number of aliphatic hydroxyl groups is 1. The first-order chi connectivity index (χ1) is 7.06. The van der Waals surface area contributed by atoms with Crippen LogP contribution in [0, 0.1) is 6.92 Å². The molecule has 0 aliphatic carbocycles. The molecule has 5 nitrogen and oxygen atoms in total. The summed E-state index contributed by atoms with van der Waals surface area (Å²) in [7, 11) is 0. The molecule has 15 heavy (non-hydrogen) atoms. The van der Waals surface area contributed by atoms with Gasteiger partial charge in [-0.15, -0.1) is 10.2 Å². The van der Waals surface area contributed by atoms with Crippen LogP contribution >= 0.6 is 11.8 Å². The van der Waals surface area contributed by atoms with Crippen molar-refractivity contribution in [2.45, 2.75) is 43.8 Å². The predicted octanol–water partition coefficient (Wildman–Crippen LogP) is 0.407. The van der Waals surface area contributed by atoms with E-state index < -0.39 is 0 Å². The number of hydrogen-bond acceptors (Lipinski definition) is 5. The highest BCUT2D eigenvalue weighted by Crippen LogP contribution is 2.23. The number of nitrogens with two attached hydrogens (primary N) is 1. The molecule has 0 fully saturated rings. The standard InChI is InChI=1S/C9H18N4OS/c1-6(14)7(2)15-9-12-11-8(3)13(9)5-4-10/h6-7,14H,4-5,10H2,1-3H3. The quantitative estimate of drug-likeness (QED) is 0.716. The third-order valence-corrected chi connectivity index (χ3v) is 3.50. The van der Waals surface area contributed by atoms with Crippen molar-refractivity contribution in [1.82, 2.24) is 14.8 Å². The highest BCUT2D eigenvalue weighted by Gasteiger charge is 2.15. The molecule has 0 saturated carbocycles. The summed E-state index contributed by atoms with van der Waals surface area (Å²) in [4.78, 5) is 0. The predicted molar refractivity (Wildman–Crippen MR) is 60.8 cm³/mol. The average Bonchev–Trinajstić information content (AvgIpc) is 2.50. The molecule has 0 aliphatic heterocycles. The van der Waals surface area contributed by atoms with Crippen molar-refractivity contribution in [3.8, 4) is 0 Å². The molecule has 0 saturated heterocycles. The van der Waals surface area contributed by atoms with E-state index in [1.165, 1.54) is 11.8 Å². The van der Waals surface area contributed by atoms with Crippen LogP contribution < -0.4 is 5.73 Å². The Morgan fingerprint density at radius 1 is 1.47 bits per heavy atom. The molecule has 86 valence electrons. The smallest absolute Gasteiger partial charge is 0.191 e. The Morgan fingerprint density at radius 2 is 2.13 bits per heavy atom. The van der Waals surface area contributed by atoms with Gasteiger partial charge in [0.1, 0.15) is 5.82 Å². The van der Waals surface area contributed by atoms with Gasteiger partial charge in [0.2, 0.25) is 0 Å². The van der Waals surface area contributed by atoms with Gasteiger partial charge in [-0.25, -0.2) is 0 Å². The summed E-state index contributed by atoms with van der Waals surface area (Å²) >= 11 is 1.52. The van der Waals surface area contributed by atoms with Crippen LogP contribution in [0.25, 0.3) is 0 Å².